The van der Waals surface area contributed by atoms with Gasteiger partial charge in [0.2, 0.25) is 5.71 Å². The van der Waals surface area contributed by atoms with Crippen molar-refractivity contribution in [2.45, 2.75) is 6.92 Å². The van der Waals surface area contributed by atoms with E-state index in [0.717, 1.165) is 23.4 Å². The number of rotatable bonds is 5. The first kappa shape index (κ1) is 20.4. The number of furan rings is 1. The lowest BCUT2D eigenvalue weighted by Gasteiger charge is -2.11. The molecule has 5 heteroatoms. The van der Waals surface area contributed by atoms with Crippen molar-refractivity contribution in [2.75, 3.05) is 27.2 Å². The maximum Gasteiger partial charge on any atom is 0.209 e. The van der Waals surface area contributed by atoms with Gasteiger partial charge >= 0.3 is 0 Å². The van der Waals surface area contributed by atoms with Crippen LogP contribution in [0.5, 0.6) is 5.75 Å². The lowest BCUT2D eigenvalue weighted by Crippen LogP contribution is -2.19. The van der Waals surface area contributed by atoms with Gasteiger partial charge in [0.05, 0.1) is 5.39 Å². The van der Waals surface area contributed by atoms with Gasteiger partial charge in [0.15, 0.2) is 5.43 Å². The second-order valence-electron chi connectivity index (χ2n) is 6.93. The maximum atomic E-state index is 12.0. The molecule has 4 rings (SSSR count). The number of aryl methyl sites for hydroxylation is 1. The van der Waals surface area contributed by atoms with Gasteiger partial charge in [-0.2, -0.15) is 0 Å². The van der Waals surface area contributed by atoms with Gasteiger partial charge in [0.25, 0.3) is 0 Å². The van der Waals surface area contributed by atoms with Crippen molar-refractivity contribution in [1.29, 1.82) is 0 Å². The van der Waals surface area contributed by atoms with Gasteiger partial charge in [-0.25, -0.2) is 0 Å². The predicted molar refractivity (Wildman–Crippen MR) is 117 cm³/mol. The van der Waals surface area contributed by atoms with E-state index in [2.05, 4.69) is 9.88 Å². The van der Waals surface area contributed by atoms with Crippen molar-refractivity contribution in [1.82, 2.24) is 9.88 Å². The van der Waals surface area contributed by atoms with Crippen LogP contribution in [0.4, 0.5) is 0 Å². The number of aromatic amines is 1. The summed E-state index contributed by atoms with van der Waals surface area (Å²) in [5.74, 6) is 1.53. The monoisotopic (exact) mass is 390 g/mol. The molecule has 0 amide bonds. The van der Waals surface area contributed by atoms with Crippen molar-refractivity contribution in [2.24, 2.45) is 0 Å². The number of pyridine rings is 1. The Kier molecular flexibility index (Phi) is 6.87. The Labute approximate surface area is 170 Å². The van der Waals surface area contributed by atoms with E-state index in [1.54, 1.807) is 6.20 Å². The SMILES string of the molecule is Cc1c(-c2ccc(OCCN(C)C)cc2)oc2[nH]ccc(=O)c12.c1ccccc1. The third-order valence-corrected chi connectivity index (χ3v) is 4.43. The van der Waals surface area contributed by atoms with E-state index < -0.39 is 0 Å². The highest BCUT2D eigenvalue weighted by Crippen LogP contribution is 2.31. The van der Waals surface area contributed by atoms with Crippen LogP contribution in [0, 0.1) is 6.92 Å². The minimum absolute atomic E-state index is 0.0325. The highest BCUT2D eigenvalue weighted by molar-refractivity contribution is 5.84. The van der Waals surface area contributed by atoms with Crippen LogP contribution in [0.2, 0.25) is 0 Å². The van der Waals surface area contributed by atoms with Crippen LogP contribution in [-0.4, -0.2) is 37.1 Å². The molecule has 2 aromatic carbocycles. The van der Waals surface area contributed by atoms with Crippen LogP contribution in [-0.2, 0) is 0 Å². The van der Waals surface area contributed by atoms with Crippen LogP contribution in [0.15, 0.2) is 82.1 Å². The minimum Gasteiger partial charge on any atom is -0.492 e. The van der Waals surface area contributed by atoms with Gasteiger partial charge in [-0.1, -0.05) is 36.4 Å². The lowest BCUT2D eigenvalue weighted by atomic mass is 10.1. The highest BCUT2D eigenvalue weighted by Gasteiger charge is 2.14. The first-order valence-corrected chi connectivity index (χ1v) is 9.55. The summed E-state index contributed by atoms with van der Waals surface area (Å²) in [7, 11) is 4.02. The standard InChI is InChI=1S/C18H20N2O3.C6H6/c1-12-16-15(21)8-9-19-18(16)23-17(12)13-4-6-14(7-5-13)22-11-10-20(2)3;1-2-4-6-5-3-1/h4-9H,10-11H2,1-3H3,(H,19,21);1-6H. The van der Waals surface area contributed by atoms with E-state index in [4.69, 9.17) is 9.15 Å². The van der Waals surface area contributed by atoms with Crippen LogP contribution in [0.3, 0.4) is 0 Å². The molecule has 5 nitrogen and oxygen atoms in total. The van der Waals surface area contributed by atoms with E-state index >= 15 is 0 Å². The van der Waals surface area contributed by atoms with Gasteiger partial charge in [-0.05, 0) is 45.3 Å². The number of likely N-dealkylation sites (N-methyl/N-ethyl adjacent to an activating group) is 1. The van der Waals surface area contributed by atoms with Gasteiger partial charge in [-0.15, -0.1) is 0 Å². The molecule has 1 N–H and O–H groups in total. The number of nitrogens with one attached hydrogen (secondary N) is 1. The highest BCUT2D eigenvalue weighted by atomic mass is 16.5. The fraction of sp³-hybridized carbons (Fsp3) is 0.208. The smallest absolute Gasteiger partial charge is 0.209 e. The summed E-state index contributed by atoms with van der Waals surface area (Å²) < 4.78 is 11.5. The predicted octanol–water partition coefficient (Wildman–Crippen LogP) is 4.72. The normalized spacial score (nSPS) is 10.6. The second-order valence-corrected chi connectivity index (χ2v) is 6.93. The summed E-state index contributed by atoms with van der Waals surface area (Å²) in [5.41, 5.74) is 2.25. The summed E-state index contributed by atoms with van der Waals surface area (Å²) in [6.07, 6.45) is 1.60. The molecule has 0 aliphatic carbocycles. The second kappa shape index (κ2) is 9.75. The van der Waals surface area contributed by atoms with Crippen LogP contribution in [0.25, 0.3) is 22.4 Å². The molecule has 4 aromatic rings. The quantitative estimate of drug-likeness (QED) is 0.535. The van der Waals surface area contributed by atoms with E-state index in [-0.39, 0.29) is 5.43 Å². The Bertz CT molecular complexity index is 1050. The Morgan fingerprint density at radius 1 is 0.966 bits per heavy atom. The molecule has 0 aliphatic heterocycles. The minimum atomic E-state index is -0.0325. The number of hydrogen-bond donors (Lipinski definition) is 1. The molecule has 0 spiro atoms. The van der Waals surface area contributed by atoms with Gasteiger partial charge < -0.3 is 19.0 Å². The molecule has 29 heavy (non-hydrogen) atoms. The zero-order valence-corrected chi connectivity index (χ0v) is 17.0. The first-order chi connectivity index (χ1) is 14.1. The zero-order chi connectivity index (χ0) is 20.6. The maximum absolute atomic E-state index is 12.0. The number of ether oxygens (including phenoxy) is 1. The zero-order valence-electron chi connectivity index (χ0n) is 17.0. The van der Waals surface area contributed by atoms with Crippen molar-refractivity contribution < 1.29 is 9.15 Å². The Morgan fingerprint density at radius 2 is 1.59 bits per heavy atom. The van der Waals surface area contributed by atoms with Crippen LogP contribution >= 0.6 is 0 Å². The molecule has 2 aromatic heterocycles. The van der Waals surface area contributed by atoms with Crippen molar-refractivity contribution in [3.63, 3.8) is 0 Å². The Hall–Kier alpha value is -3.31. The molecule has 0 radical (unpaired) electrons. The van der Waals surface area contributed by atoms with E-state index in [0.29, 0.717) is 23.5 Å². The summed E-state index contributed by atoms with van der Waals surface area (Å²) in [6, 6.07) is 21.2. The third-order valence-electron chi connectivity index (χ3n) is 4.43. The molecule has 0 fully saturated rings. The number of fused-ring (bicyclic) bond motifs is 1. The number of H-pyrrole nitrogens is 1. The van der Waals surface area contributed by atoms with Crippen molar-refractivity contribution in [3.8, 4) is 17.1 Å². The van der Waals surface area contributed by atoms with E-state index in [1.165, 1.54) is 6.07 Å². The number of hydrogen-bond acceptors (Lipinski definition) is 4. The molecule has 0 unspecified atom stereocenters. The third kappa shape index (κ3) is 5.36. The summed E-state index contributed by atoms with van der Waals surface area (Å²) in [5, 5.41) is 0.605. The Morgan fingerprint density at radius 3 is 2.14 bits per heavy atom. The lowest BCUT2D eigenvalue weighted by molar-refractivity contribution is 0.261. The van der Waals surface area contributed by atoms with Crippen LogP contribution in [0.1, 0.15) is 5.56 Å². The van der Waals surface area contributed by atoms with Crippen LogP contribution < -0.4 is 10.2 Å². The van der Waals surface area contributed by atoms with Crippen molar-refractivity contribution in [3.05, 3.63) is 88.7 Å². The molecule has 0 aliphatic rings. The molecule has 0 saturated carbocycles. The van der Waals surface area contributed by atoms with E-state index in [1.807, 2.05) is 81.7 Å². The fourth-order valence-corrected chi connectivity index (χ4v) is 2.90. The molecule has 0 saturated heterocycles. The number of aromatic nitrogens is 1. The van der Waals surface area contributed by atoms with Crippen molar-refractivity contribution >= 4 is 11.1 Å². The van der Waals surface area contributed by atoms with E-state index in [9.17, 15) is 4.79 Å². The average molecular weight is 390 g/mol. The van der Waals surface area contributed by atoms with Gasteiger partial charge in [0.1, 0.15) is 18.1 Å². The molecule has 2 heterocycles. The summed E-state index contributed by atoms with van der Waals surface area (Å²) in [6.45, 7) is 3.41. The Balaban J connectivity index is 0.000000343. The average Bonchev–Trinajstić information content (AvgIpc) is 3.08. The molecule has 0 bridgehead atoms. The molecule has 0 atom stereocenters. The van der Waals surface area contributed by atoms with Gasteiger partial charge in [0, 0.05) is 29.9 Å². The summed E-state index contributed by atoms with van der Waals surface area (Å²) in [4.78, 5) is 17.0. The topological polar surface area (TPSA) is 58.5 Å². The largest absolute Gasteiger partial charge is 0.492 e. The molecule has 150 valence electrons. The summed E-state index contributed by atoms with van der Waals surface area (Å²) >= 11 is 0. The first-order valence-electron chi connectivity index (χ1n) is 9.55. The number of nitrogens with zero attached hydrogens (tertiary/aromatic N) is 1. The molecular formula is C24H26N2O3. The molecular weight excluding hydrogens is 364 g/mol. The van der Waals surface area contributed by atoms with Gasteiger partial charge in [-0.3, -0.25) is 4.79 Å². The number of benzene rings is 2. The fourth-order valence-electron chi connectivity index (χ4n) is 2.90.